The van der Waals surface area contributed by atoms with Crippen LogP contribution in [-0.2, 0) is 9.59 Å². The highest BCUT2D eigenvalue weighted by Crippen LogP contribution is 2.41. The first-order valence-electron chi connectivity index (χ1n) is 9.34. The largest absolute Gasteiger partial charge is 0.342 e. The minimum absolute atomic E-state index is 0.0221. The zero-order valence-corrected chi connectivity index (χ0v) is 16.5. The van der Waals surface area contributed by atoms with Crippen molar-refractivity contribution in [1.29, 1.82) is 0 Å². The molecule has 2 aliphatic heterocycles. The Labute approximate surface area is 160 Å². The Morgan fingerprint density at radius 2 is 1.96 bits per heavy atom. The first kappa shape index (κ1) is 19.0. The van der Waals surface area contributed by atoms with Gasteiger partial charge in [0.05, 0.1) is 5.25 Å². The van der Waals surface area contributed by atoms with Crippen molar-refractivity contribution >= 4 is 29.7 Å². The van der Waals surface area contributed by atoms with E-state index in [0.717, 1.165) is 38.0 Å². The molecule has 1 unspecified atom stereocenters. The molecule has 1 aromatic carbocycles. The highest BCUT2D eigenvalue weighted by molar-refractivity contribution is 7.99. The first-order chi connectivity index (χ1) is 12.5. The maximum atomic E-state index is 12.5. The second-order valence-electron chi connectivity index (χ2n) is 7.47. The predicted molar refractivity (Wildman–Crippen MR) is 108 cm³/mol. The van der Waals surface area contributed by atoms with Crippen molar-refractivity contribution in [1.82, 2.24) is 9.80 Å². The number of carbonyl (C=O) groups excluding carboxylic acids is 2. The number of thioether (sulfide) groups is 1. The first-order valence-corrected chi connectivity index (χ1v) is 10.6. The van der Waals surface area contributed by atoms with Gasteiger partial charge in [0.15, 0.2) is 0 Å². The van der Waals surface area contributed by atoms with E-state index in [2.05, 4.69) is 24.3 Å². The van der Waals surface area contributed by atoms with Gasteiger partial charge in [-0.05, 0) is 31.6 Å². The Bertz CT molecular complexity index is 666. The van der Waals surface area contributed by atoms with E-state index in [9.17, 15) is 9.59 Å². The Morgan fingerprint density at radius 1 is 1.27 bits per heavy atom. The van der Waals surface area contributed by atoms with Gasteiger partial charge in [-0.2, -0.15) is 11.8 Å². The van der Waals surface area contributed by atoms with Crippen molar-refractivity contribution in [2.75, 3.05) is 32.4 Å². The molecule has 2 aliphatic rings. The number of likely N-dealkylation sites (tertiary alicyclic amines) is 2. The highest BCUT2D eigenvalue weighted by atomic mass is 32.2. The Kier molecular flexibility index (Phi) is 6.07. The molecule has 140 valence electrons. The molecule has 3 rings (SSSR count). The zero-order valence-electron chi connectivity index (χ0n) is 15.7. The lowest BCUT2D eigenvalue weighted by Gasteiger charge is -2.39. The molecule has 2 saturated heterocycles. The third-order valence-electron chi connectivity index (χ3n) is 5.68. The van der Waals surface area contributed by atoms with Crippen molar-refractivity contribution in [3.05, 3.63) is 42.0 Å². The topological polar surface area (TPSA) is 40.6 Å². The summed E-state index contributed by atoms with van der Waals surface area (Å²) >= 11 is 1.60. The lowest BCUT2D eigenvalue weighted by atomic mass is 9.77. The summed E-state index contributed by atoms with van der Waals surface area (Å²) in [7, 11) is 0. The van der Waals surface area contributed by atoms with Crippen LogP contribution in [0.2, 0.25) is 0 Å². The molecule has 2 amide bonds. The van der Waals surface area contributed by atoms with Crippen LogP contribution in [0.1, 0.15) is 31.7 Å². The van der Waals surface area contributed by atoms with Gasteiger partial charge in [-0.15, -0.1) is 0 Å². The van der Waals surface area contributed by atoms with Crippen molar-refractivity contribution in [2.45, 2.75) is 31.4 Å². The maximum absolute atomic E-state index is 12.5. The van der Waals surface area contributed by atoms with E-state index in [-0.39, 0.29) is 22.5 Å². The van der Waals surface area contributed by atoms with Crippen molar-refractivity contribution in [3.63, 3.8) is 0 Å². The number of hydrogen-bond acceptors (Lipinski definition) is 3. The van der Waals surface area contributed by atoms with Gasteiger partial charge >= 0.3 is 0 Å². The average molecular weight is 373 g/mol. The average Bonchev–Trinajstić information content (AvgIpc) is 2.97. The number of nitrogens with zero attached hydrogens (tertiary/aromatic N) is 2. The number of hydrogen-bond donors (Lipinski definition) is 0. The monoisotopic (exact) mass is 372 g/mol. The number of rotatable bonds is 5. The van der Waals surface area contributed by atoms with Crippen LogP contribution in [0.25, 0.3) is 6.08 Å². The van der Waals surface area contributed by atoms with Crippen LogP contribution in [0.3, 0.4) is 0 Å². The minimum atomic E-state index is 0.0221. The number of amides is 2. The van der Waals surface area contributed by atoms with E-state index in [1.165, 1.54) is 0 Å². The number of piperidine rings is 1. The van der Waals surface area contributed by atoms with Gasteiger partial charge in [-0.1, -0.05) is 42.5 Å². The summed E-state index contributed by atoms with van der Waals surface area (Å²) in [5.74, 6) is 0.485. The summed E-state index contributed by atoms with van der Waals surface area (Å²) in [6, 6.07) is 10.2. The van der Waals surface area contributed by atoms with Gasteiger partial charge < -0.3 is 9.80 Å². The predicted octanol–water partition coefficient (Wildman–Crippen LogP) is 3.29. The Morgan fingerprint density at radius 3 is 2.62 bits per heavy atom. The third kappa shape index (κ3) is 4.32. The molecule has 1 atom stereocenters. The van der Waals surface area contributed by atoms with Crippen molar-refractivity contribution in [3.8, 4) is 0 Å². The fraction of sp³-hybridized carbons (Fsp3) is 0.524. The Balaban J connectivity index is 1.53. The fourth-order valence-electron chi connectivity index (χ4n) is 3.92. The van der Waals surface area contributed by atoms with Gasteiger partial charge in [0.2, 0.25) is 11.8 Å². The summed E-state index contributed by atoms with van der Waals surface area (Å²) in [6.45, 7) is 5.03. The molecule has 4 nitrogen and oxygen atoms in total. The summed E-state index contributed by atoms with van der Waals surface area (Å²) < 4.78 is 0. The molecule has 0 saturated carbocycles. The van der Waals surface area contributed by atoms with Gasteiger partial charge in [0.25, 0.3) is 0 Å². The second-order valence-corrected chi connectivity index (χ2v) is 8.65. The quantitative estimate of drug-likeness (QED) is 0.796. The van der Waals surface area contributed by atoms with E-state index in [0.29, 0.717) is 13.0 Å². The smallest absolute Gasteiger partial charge is 0.235 e. The van der Waals surface area contributed by atoms with Crippen LogP contribution in [0, 0.1) is 5.41 Å². The number of carbonyl (C=O) groups is 2. The third-order valence-corrected chi connectivity index (χ3v) is 6.59. The molecule has 0 aromatic heterocycles. The number of benzene rings is 1. The molecule has 0 radical (unpaired) electrons. The van der Waals surface area contributed by atoms with Crippen LogP contribution in [0.4, 0.5) is 0 Å². The van der Waals surface area contributed by atoms with Crippen molar-refractivity contribution < 1.29 is 9.59 Å². The fourth-order valence-corrected chi connectivity index (χ4v) is 4.27. The van der Waals surface area contributed by atoms with E-state index in [1.807, 2.05) is 41.2 Å². The van der Waals surface area contributed by atoms with Crippen LogP contribution in [0.15, 0.2) is 36.4 Å². The van der Waals surface area contributed by atoms with Crippen LogP contribution in [-0.4, -0.2) is 59.3 Å². The van der Waals surface area contributed by atoms with Crippen molar-refractivity contribution in [2.24, 2.45) is 5.41 Å². The van der Waals surface area contributed by atoms with Gasteiger partial charge in [-0.3, -0.25) is 9.59 Å². The van der Waals surface area contributed by atoms with E-state index in [1.54, 1.807) is 11.8 Å². The molecule has 2 heterocycles. The zero-order chi connectivity index (χ0) is 18.6. The van der Waals surface area contributed by atoms with E-state index in [4.69, 9.17) is 0 Å². The SMILES string of the molecule is CSC(C)C(=O)N1CCC2(CC1)CC(=O)N(C/C=C/c1ccccc1)C2. The standard InChI is InChI=1S/C21H28N2O2S/c1-17(26-2)20(25)22-13-10-21(11-14-22)15-19(24)23(16-21)12-6-9-18-7-4-3-5-8-18/h3-9,17H,10-16H2,1-2H3/b9-6+. The summed E-state index contributed by atoms with van der Waals surface area (Å²) in [4.78, 5) is 28.8. The van der Waals surface area contributed by atoms with Crippen LogP contribution >= 0.6 is 11.8 Å². The molecule has 26 heavy (non-hydrogen) atoms. The lowest BCUT2D eigenvalue weighted by molar-refractivity contribution is -0.132. The van der Waals surface area contributed by atoms with Gasteiger partial charge in [0, 0.05) is 38.0 Å². The molecule has 5 heteroatoms. The van der Waals surface area contributed by atoms with E-state index < -0.39 is 0 Å². The van der Waals surface area contributed by atoms with Gasteiger partial charge in [0.1, 0.15) is 0 Å². The second kappa shape index (κ2) is 8.30. The summed E-state index contributed by atoms with van der Waals surface area (Å²) in [5, 5.41) is 0.0221. The summed E-state index contributed by atoms with van der Waals surface area (Å²) in [5.41, 5.74) is 1.22. The molecule has 1 spiro atoms. The molecule has 0 aliphatic carbocycles. The van der Waals surface area contributed by atoms with Crippen LogP contribution < -0.4 is 0 Å². The maximum Gasteiger partial charge on any atom is 0.235 e. The molecular weight excluding hydrogens is 344 g/mol. The lowest BCUT2D eigenvalue weighted by Crippen LogP contribution is -2.46. The molecule has 0 N–H and O–H groups in total. The molecular formula is C21H28N2O2S. The Hall–Kier alpha value is -1.75. The van der Waals surface area contributed by atoms with Crippen LogP contribution in [0.5, 0.6) is 0 Å². The van der Waals surface area contributed by atoms with E-state index >= 15 is 0 Å². The highest BCUT2D eigenvalue weighted by Gasteiger charge is 2.45. The molecule has 1 aromatic rings. The minimum Gasteiger partial charge on any atom is -0.342 e. The normalized spacial score (nSPS) is 20.9. The summed E-state index contributed by atoms with van der Waals surface area (Å²) in [6.07, 6.45) is 8.63. The molecule has 0 bridgehead atoms. The molecule has 2 fully saturated rings. The van der Waals surface area contributed by atoms with Gasteiger partial charge in [-0.25, -0.2) is 0 Å².